The minimum absolute atomic E-state index is 0.0814. The number of anilines is 1. The van der Waals surface area contributed by atoms with E-state index in [-0.39, 0.29) is 23.7 Å². The van der Waals surface area contributed by atoms with Crippen LogP contribution in [0.2, 0.25) is 0 Å². The molecule has 4 N–H and O–H groups in total. The number of halogens is 1. The topological polar surface area (TPSA) is 67.2 Å². The van der Waals surface area contributed by atoms with Gasteiger partial charge in [-0.1, -0.05) is 6.07 Å². The van der Waals surface area contributed by atoms with Crippen molar-refractivity contribution in [3.05, 3.63) is 29.1 Å². The summed E-state index contributed by atoms with van der Waals surface area (Å²) in [5.41, 5.74) is 7.83. The Morgan fingerprint density at radius 3 is 3.00 bits per heavy atom. The molecule has 0 saturated heterocycles. The maximum absolute atomic E-state index is 14.4. The fourth-order valence-electron chi connectivity index (χ4n) is 3.12. The van der Waals surface area contributed by atoms with E-state index in [1.807, 2.05) is 6.07 Å². The number of hydrogen-bond acceptors (Lipinski definition) is 3. The first-order valence-corrected chi connectivity index (χ1v) is 7.22. The van der Waals surface area contributed by atoms with Gasteiger partial charge in [-0.3, -0.25) is 4.79 Å². The van der Waals surface area contributed by atoms with E-state index in [9.17, 15) is 9.18 Å². The Balaban J connectivity index is 1.76. The summed E-state index contributed by atoms with van der Waals surface area (Å²) in [5.74, 6) is -0.465. The molecular weight excluding hydrogens is 257 g/mol. The molecule has 2 aliphatic rings. The molecule has 0 radical (unpaired) electrons. The fourth-order valence-corrected chi connectivity index (χ4v) is 3.12. The van der Waals surface area contributed by atoms with Crippen LogP contribution in [-0.2, 0) is 17.8 Å². The minimum atomic E-state index is -0.278. The zero-order valence-electron chi connectivity index (χ0n) is 11.4. The maximum Gasteiger partial charge on any atom is 0.227 e. The van der Waals surface area contributed by atoms with E-state index in [1.165, 1.54) is 0 Å². The van der Waals surface area contributed by atoms with Crippen molar-refractivity contribution >= 4 is 11.6 Å². The Morgan fingerprint density at radius 2 is 2.25 bits per heavy atom. The van der Waals surface area contributed by atoms with Crippen LogP contribution in [-0.4, -0.2) is 18.5 Å². The predicted octanol–water partition coefficient (Wildman–Crippen LogP) is 1.54. The molecule has 1 heterocycles. The van der Waals surface area contributed by atoms with E-state index in [4.69, 9.17) is 5.73 Å². The van der Waals surface area contributed by atoms with Crippen LogP contribution in [0.5, 0.6) is 0 Å². The van der Waals surface area contributed by atoms with E-state index < -0.39 is 0 Å². The molecule has 0 aromatic heterocycles. The summed E-state index contributed by atoms with van der Waals surface area (Å²) in [5, 5.41) is 5.94. The third kappa shape index (κ3) is 2.55. The van der Waals surface area contributed by atoms with E-state index in [1.54, 1.807) is 6.07 Å². The van der Waals surface area contributed by atoms with Crippen molar-refractivity contribution in [2.45, 2.75) is 38.3 Å². The number of nitrogens with one attached hydrogen (secondary N) is 2. The van der Waals surface area contributed by atoms with Crippen molar-refractivity contribution in [2.75, 3.05) is 11.9 Å². The second-order valence-electron chi connectivity index (χ2n) is 5.75. The van der Waals surface area contributed by atoms with Crippen molar-refractivity contribution in [1.29, 1.82) is 0 Å². The first kappa shape index (κ1) is 13.5. The number of nitrogens with two attached hydrogens (primary N) is 1. The third-order valence-electron chi connectivity index (χ3n) is 4.31. The molecule has 1 aliphatic carbocycles. The predicted molar refractivity (Wildman–Crippen MR) is 75.8 cm³/mol. The van der Waals surface area contributed by atoms with Crippen molar-refractivity contribution < 1.29 is 9.18 Å². The summed E-state index contributed by atoms with van der Waals surface area (Å²) in [6.45, 7) is 1.47. The normalized spacial score (nSPS) is 25.3. The molecule has 3 rings (SSSR count). The maximum atomic E-state index is 14.4. The lowest BCUT2D eigenvalue weighted by atomic mass is 9.99. The monoisotopic (exact) mass is 277 g/mol. The van der Waals surface area contributed by atoms with Crippen LogP contribution in [0.1, 0.15) is 30.4 Å². The fraction of sp³-hybridized carbons (Fsp3) is 0.533. The molecular formula is C15H20FN3O. The Labute approximate surface area is 117 Å². The van der Waals surface area contributed by atoms with E-state index in [0.29, 0.717) is 25.1 Å². The number of benzene rings is 1. The van der Waals surface area contributed by atoms with Gasteiger partial charge in [0.2, 0.25) is 5.91 Å². The van der Waals surface area contributed by atoms with Gasteiger partial charge < -0.3 is 16.4 Å². The quantitative estimate of drug-likeness (QED) is 0.768. The molecule has 0 bridgehead atoms. The smallest absolute Gasteiger partial charge is 0.227 e. The second-order valence-corrected chi connectivity index (χ2v) is 5.75. The Hall–Kier alpha value is -1.46. The Bertz CT molecular complexity index is 532. The molecule has 2 atom stereocenters. The van der Waals surface area contributed by atoms with Crippen molar-refractivity contribution in [2.24, 2.45) is 11.7 Å². The minimum Gasteiger partial charge on any atom is -0.328 e. The number of hydrogen-bond donors (Lipinski definition) is 3. The summed E-state index contributed by atoms with van der Waals surface area (Å²) in [7, 11) is 0. The molecule has 108 valence electrons. The Morgan fingerprint density at radius 1 is 1.40 bits per heavy atom. The molecule has 4 nitrogen and oxygen atoms in total. The zero-order chi connectivity index (χ0) is 14.1. The second kappa shape index (κ2) is 5.50. The van der Waals surface area contributed by atoms with Gasteiger partial charge in [0.25, 0.3) is 0 Å². The highest BCUT2D eigenvalue weighted by molar-refractivity contribution is 5.93. The largest absolute Gasteiger partial charge is 0.328 e. The SMILES string of the molecule is NC1CCC(C(=O)Nc2ccc3c(c2F)CCNC3)C1. The summed E-state index contributed by atoms with van der Waals surface area (Å²) >= 11 is 0. The van der Waals surface area contributed by atoms with Gasteiger partial charge in [-0.25, -0.2) is 4.39 Å². The number of fused-ring (bicyclic) bond motifs is 1. The van der Waals surface area contributed by atoms with Crippen molar-refractivity contribution in [3.63, 3.8) is 0 Å². The molecule has 20 heavy (non-hydrogen) atoms. The van der Waals surface area contributed by atoms with Crippen molar-refractivity contribution in [3.8, 4) is 0 Å². The lowest BCUT2D eigenvalue weighted by molar-refractivity contribution is -0.119. The van der Waals surface area contributed by atoms with Gasteiger partial charge in [0.1, 0.15) is 5.82 Å². The molecule has 1 fully saturated rings. The lowest BCUT2D eigenvalue weighted by Gasteiger charge is -2.20. The molecule has 1 amide bonds. The van der Waals surface area contributed by atoms with E-state index in [0.717, 1.165) is 30.5 Å². The van der Waals surface area contributed by atoms with Crippen LogP contribution in [0.25, 0.3) is 0 Å². The molecule has 5 heteroatoms. The highest BCUT2D eigenvalue weighted by Gasteiger charge is 2.28. The van der Waals surface area contributed by atoms with Gasteiger partial charge in [-0.05, 0) is 49.4 Å². The van der Waals surface area contributed by atoms with Crippen LogP contribution in [0.4, 0.5) is 10.1 Å². The van der Waals surface area contributed by atoms with Gasteiger partial charge in [0.15, 0.2) is 0 Å². The van der Waals surface area contributed by atoms with Gasteiger partial charge in [-0.15, -0.1) is 0 Å². The van der Waals surface area contributed by atoms with Crippen LogP contribution in [0, 0.1) is 11.7 Å². The average Bonchev–Trinajstić information content (AvgIpc) is 2.89. The Kier molecular flexibility index (Phi) is 3.72. The van der Waals surface area contributed by atoms with E-state index in [2.05, 4.69) is 10.6 Å². The number of carbonyl (C=O) groups excluding carboxylic acids is 1. The van der Waals surface area contributed by atoms with Gasteiger partial charge in [0.05, 0.1) is 5.69 Å². The molecule has 1 aliphatic heterocycles. The zero-order valence-corrected chi connectivity index (χ0v) is 11.4. The van der Waals surface area contributed by atoms with Gasteiger partial charge in [-0.2, -0.15) is 0 Å². The standard InChI is InChI=1S/C15H20FN3O/c16-14-12-5-6-18-8-10(12)2-4-13(14)19-15(20)9-1-3-11(17)7-9/h2,4,9,11,18H,1,3,5-8,17H2,(H,19,20). The van der Waals surface area contributed by atoms with Crippen LogP contribution >= 0.6 is 0 Å². The first-order valence-electron chi connectivity index (χ1n) is 7.22. The molecule has 0 spiro atoms. The summed E-state index contributed by atoms with van der Waals surface area (Å²) in [6, 6.07) is 3.65. The van der Waals surface area contributed by atoms with Crippen molar-refractivity contribution in [1.82, 2.24) is 5.32 Å². The highest BCUT2D eigenvalue weighted by atomic mass is 19.1. The third-order valence-corrected chi connectivity index (χ3v) is 4.31. The lowest BCUT2D eigenvalue weighted by Crippen LogP contribution is -2.26. The molecule has 1 aromatic rings. The van der Waals surface area contributed by atoms with Crippen LogP contribution in [0.15, 0.2) is 12.1 Å². The number of rotatable bonds is 2. The van der Waals surface area contributed by atoms with Crippen LogP contribution < -0.4 is 16.4 Å². The first-order chi connectivity index (χ1) is 9.65. The van der Waals surface area contributed by atoms with Gasteiger partial charge in [0, 0.05) is 18.5 Å². The molecule has 1 aromatic carbocycles. The number of amides is 1. The summed E-state index contributed by atoms with van der Waals surface area (Å²) in [6.07, 6.45) is 3.03. The summed E-state index contributed by atoms with van der Waals surface area (Å²) in [4.78, 5) is 12.1. The highest BCUT2D eigenvalue weighted by Crippen LogP contribution is 2.28. The molecule has 1 saturated carbocycles. The van der Waals surface area contributed by atoms with Crippen LogP contribution in [0.3, 0.4) is 0 Å². The van der Waals surface area contributed by atoms with Gasteiger partial charge >= 0.3 is 0 Å². The average molecular weight is 277 g/mol. The summed E-state index contributed by atoms with van der Waals surface area (Å²) < 4.78 is 14.4. The molecule has 2 unspecified atom stereocenters. The number of carbonyl (C=O) groups is 1. The van der Waals surface area contributed by atoms with E-state index >= 15 is 0 Å².